The van der Waals surface area contributed by atoms with Crippen LogP contribution >= 0.6 is 11.3 Å². The van der Waals surface area contributed by atoms with Crippen molar-refractivity contribution in [3.63, 3.8) is 0 Å². The lowest BCUT2D eigenvalue weighted by atomic mass is 10.1. The quantitative estimate of drug-likeness (QED) is 0.907. The molecule has 0 saturated carbocycles. The molecule has 1 aromatic carbocycles. The highest BCUT2D eigenvalue weighted by Crippen LogP contribution is 2.28. The van der Waals surface area contributed by atoms with E-state index in [1.807, 2.05) is 32.9 Å². The molecule has 0 aliphatic rings. The fraction of sp³-hybridized carbons (Fsp3) is 0.333. The summed E-state index contributed by atoms with van der Waals surface area (Å²) in [6.45, 7) is 8.12. The molecule has 3 N–H and O–H groups in total. The minimum Gasteiger partial charge on any atom is -0.377 e. The number of aryl methyl sites for hydroxylation is 3. The third kappa shape index (κ3) is 2.99. The predicted molar refractivity (Wildman–Crippen MR) is 83.3 cm³/mol. The van der Waals surface area contributed by atoms with Crippen molar-refractivity contribution in [2.24, 2.45) is 5.73 Å². The third-order valence-electron chi connectivity index (χ3n) is 3.22. The highest BCUT2D eigenvalue weighted by atomic mass is 32.1. The first kappa shape index (κ1) is 14.5. The van der Waals surface area contributed by atoms with E-state index in [-0.39, 0.29) is 6.04 Å². The van der Waals surface area contributed by atoms with E-state index in [1.54, 1.807) is 17.4 Å². The van der Waals surface area contributed by atoms with Gasteiger partial charge in [-0.2, -0.15) is 0 Å². The number of aromatic nitrogens is 1. The SMILES string of the molecule is Cc1nc(C)c(C(C)Nc2ccc(C(N)=O)cc2C)s1. The Bertz CT molecular complexity index is 649. The molecule has 0 spiro atoms. The minimum absolute atomic E-state index is 0.180. The summed E-state index contributed by atoms with van der Waals surface area (Å²) in [4.78, 5) is 16.8. The highest BCUT2D eigenvalue weighted by molar-refractivity contribution is 7.11. The van der Waals surface area contributed by atoms with Gasteiger partial charge < -0.3 is 11.1 Å². The van der Waals surface area contributed by atoms with Gasteiger partial charge in [-0.15, -0.1) is 11.3 Å². The number of carbonyl (C=O) groups excluding carboxylic acids is 1. The normalized spacial score (nSPS) is 12.2. The van der Waals surface area contributed by atoms with Gasteiger partial charge in [0.2, 0.25) is 5.91 Å². The summed E-state index contributed by atoms with van der Waals surface area (Å²) >= 11 is 1.71. The van der Waals surface area contributed by atoms with Crippen molar-refractivity contribution in [3.05, 3.63) is 44.9 Å². The number of carbonyl (C=O) groups is 1. The largest absolute Gasteiger partial charge is 0.377 e. The van der Waals surface area contributed by atoms with Crippen LogP contribution in [-0.2, 0) is 0 Å². The molecular weight excluding hydrogens is 270 g/mol. The first-order chi connectivity index (χ1) is 9.38. The maximum Gasteiger partial charge on any atom is 0.248 e. The number of anilines is 1. The predicted octanol–water partition coefficient (Wildman–Crippen LogP) is 3.34. The van der Waals surface area contributed by atoms with Gasteiger partial charge in [0.25, 0.3) is 0 Å². The van der Waals surface area contributed by atoms with Gasteiger partial charge in [0.1, 0.15) is 0 Å². The van der Waals surface area contributed by atoms with E-state index >= 15 is 0 Å². The summed E-state index contributed by atoms with van der Waals surface area (Å²) in [6.07, 6.45) is 0. The number of thiazole rings is 1. The lowest BCUT2D eigenvalue weighted by Gasteiger charge is -2.16. The van der Waals surface area contributed by atoms with Crippen molar-refractivity contribution in [3.8, 4) is 0 Å². The maximum absolute atomic E-state index is 11.2. The summed E-state index contributed by atoms with van der Waals surface area (Å²) in [6, 6.07) is 5.63. The fourth-order valence-electron chi connectivity index (χ4n) is 2.23. The van der Waals surface area contributed by atoms with Gasteiger partial charge in [-0.05, 0) is 51.5 Å². The van der Waals surface area contributed by atoms with Crippen LogP contribution in [0.2, 0.25) is 0 Å². The molecular formula is C15H19N3OS. The number of primary amides is 1. The molecule has 2 aromatic rings. The summed E-state index contributed by atoms with van der Waals surface area (Å²) in [5, 5.41) is 4.54. The number of amides is 1. The number of nitrogens with zero attached hydrogens (tertiary/aromatic N) is 1. The van der Waals surface area contributed by atoms with Crippen molar-refractivity contribution >= 4 is 22.9 Å². The summed E-state index contributed by atoms with van der Waals surface area (Å²) in [5.74, 6) is -0.401. The molecule has 0 aliphatic carbocycles. The third-order valence-corrected chi connectivity index (χ3v) is 4.47. The molecule has 1 heterocycles. The molecule has 20 heavy (non-hydrogen) atoms. The van der Waals surface area contributed by atoms with Crippen LogP contribution in [0.4, 0.5) is 5.69 Å². The molecule has 0 bridgehead atoms. The molecule has 1 amide bonds. The van der Waals surface area contributed by atoms with Gasteiger partial charge >= 0.3 is 0 Å². The number of rotatable bonds is 4. The maximum atomic E-state index is 11.2. The molecule has 106 valence electrons. The van der Waals surface area contributed by atoms with E-state index in [0.717, 1.165) is 22.0 Å². The van der Waals surface area contributed by atoms with Crippen molar-refractivity contribution in [2.45, 2.75) is 33.7 Å². The molecule has 0 aliphatic heterocycles. The Morgan fingerprint density at radius 3 is 2.55 bits per heavy atom. The van der Waals surface area contributed by atoms with Gasteiger partial charge in [0, 0.05) is 16.1 Å². The molecule has 1 unspecified atom stereocenters. The van der Waals surface area contributed by atoms with Crippen LogP contribution in [0.15, 0.2) is 18.2 Å². The monoisotopic (exact) mass is 289 g/mol. The van der Waals surface area contributed by atoms with Crippen LogP contribution in [0.3, 0.4) is 0 Å². The highest BCUT2D eigenvalue weighted by Gasteiger charge is 2.14. The minimum atomic E-state index is -0.401. The Morgan fingerprint density at radius 1 is 1.35 bits per heavy atom. The average molecular weight is 289 g/mol. The average Bonchev–Trinajstić information content (AvgIpc) is 2.70. The van der Waals surface area contributed by atoms with E-state index in [9.17, 15) is 4.79 Å². The van der Waals surface area contributed by atoms with E-state index in [1.165, 1.54) is 4.88 Å². The summed E-state index contributed by atoms with van der Waals surface area (Å²) < 4.78 is 0. The lowest BCUT2D eigenvalue weighted by molar-refractivity contribution is 0.1000. The van der Waals surface area contributed by atoms with Crippen molar-refractivity contribution in [2.75, 3.05) is 5.32 Å². The zero-order valence-electron chi connectivity index (χ0n) is 12.2. The summed E-state index contributed by atoms with van der Waals surface area (Å²) in [7, 11) is 0. The van der Waals surface area contributed by atoms with Crippen molar-refractivity contribution in [1.29, 1.82) is 0 Å². The number of benzene rings is 1. The van der Waals surface area contributed by atoms with Crippen LogP contribution in [0.25, 0.3) is 0 Å². The van der Waals surface area contributed by atoms with Gasteiger partial charge in [-0.1, -0.05) is 0 Å². The lowest BCUT2D eigenvalue weighted by Crippen LogP contribution is -2.12. The number of hydrogen-bond donors (Lipinski definition) is 2. The molecule has 0 radical (unpaired) electrons. The fourth-order valence-corrected chi connectivity index (χ4v) is 3.16. The van der Waals surface area contributed by atoms with E-state index < -0.39 is 5.91 Å². The number of nitrogens with one attached hydrogen (secondary N) is 1. The molecule has 0 fully saturated rings. The Hall–Kier alpha value is -1.88. The smallest absolute Gasteiger partial charge is 0.248 e. The first-order valence-corrected chi connectivity index (χ1v) is 7.31. The Labute approximate surface area is 123 Å². The second kappa shape index (κ2) is 5.63. The molecule has 4 nitrogen and oxygen atoms in total. The van der Waals surface area contributed by atoms with Gasteiger partial charge in [-0.25, -0.2) is 4.98 Å². The number of hydrogen-bond acceptors (Lipinski definition) is 4. The number of nitrogens with two attached hydrogens (primary N) is 1. The Balaban J connectivity index is 2.22. The van der Waals surface area contributed by atoms with E-state index in [4.69, 9.17) is 5.73 Å². The molecule has 1 aromatic heterocycles. The van der Waals surface area contributed by atoms with Crippen molar-refractivity contribution in [1.82, 2.24) is 4.98 Å². The Morgan fingerprint density at radius 2 is 2.05 bits per heavy atom. The van der Waals surface area contributed by atoms with Gasteiger partial charge in [0.05, 0.1) is 16.7 Å². The van der Waals surface area contributed by atoms with Crippen LogP contribution in [0, 0.1) is 20.8 Å². The van der Waals surface area contributed by atoms with Crippen LogP contribution < -0.4 is 11.1 Å². The molecule has 0 saturated heterocycles. The topological polar surface area (TPSA) is 68.0 Å². The van der Waals surface area contributed by atoms with E-state index in [0.29, 0.717) is 5.56 Å². The van der Waals surface area contributed by atoms with Crippen LogP contribution in [-0.4, -0.2) is 10.9 Å². The van der Waals surface area contributed by atoms with Gasteiger partial charge in [0.15, 0.2) is 0 Å². The van der Waals surface area contributed by atoms with Crippen LogP contribution in [0.5, 0.6) is 0 Å². The standard InChI is InChI=1S/C15H19N3OS/c1-8-7-12(15(16)19)5-6-13(8)18-10(3)14-9(2)17-11(4)20-14/h5-7,10,18H,1-4H3,(H2,16,19). The second-order valence-electron chi connectivity index (χ2n) is 4.94. The second-order valence-corrected chi connectivity index (χ2v) is 6.18. The Kier molecular flexibility index (Phi) is 4.09. The molecule has 1 atom stereocenters. The van der Waals surface area contributed by atoms with Gasteiger partial charge in [-0.3, -0.25) is 4.79 Å². The van der Waals surface area contributed by atoms with E-state index in [2.05, 4.69) is 17.2 Å². The molecule has 2 rings (SSSR count). The first-order valence-electron chi connectivity index (χ1n) is 6.49. The van der Waals surface area contributed by atoms with Crippen LogP contribution in [0.1, 0.15) is 44.5 Å². The summed E-state index contributed by atoms with van der Waals surface area (Å²) in [5.41, 5.74) is 8.90. The van der Waals surface area contributed by atoms with Crippen molar-refractivity contribution < 1.29 is 4.79 Å². The zero-order chi connectivity index (χ0) is 14.9. The molecule has 5 heteroatoms. The zero-order valence-corrected chi connectivity index (χ0v) is 13.0.